The molecule has 31 N–H and O–H groups in total. The number of hydrogen-bond acceptors (Lipinski definition) is 26. The van der Waals surface area contributed by atoms with Crippen LogP contribution in [-0.2, 0) is 131 Å². The molecule has 0 bridgehead atoms. The number of aromatic hydroxyl groups is 1. The zero-order valence-corrected chi connectivity index (χ0v) is 79.3. The minimum absolute atomic E-state index is 0.00818. The van der Waals surface area contributed by atoms with Crippen molar-refractivity contribution < 1.29 is 136 Å². The molecule has 0 aliphatic rings. The van der Waals surface area contributed by atoms with Crippen molar-refractivity contribution in [2.24, 2.45) is 46.4 Å². The van der Waals surface area contributed by atoms with Crippen LogP contribution >= 0.6 is 0 Å². The molecule has 18 atom stereocenters. The number of carboxylic acid groups (broad SMARTS) is 4. The highest BCUT2D eigenvalue weighted by molar-refractivity contribution is 6.02. The molecule has 0 radical (unpaired) electrons. The average molecular weight is 1980 g/mol. The maximum absolute atomic E-state index is 15.0. The van der Waals surface area contributed by atoms with Crippen molar-refractivity contribution in [1.29, 1.82) is 0 Å². The second-order valence-electron chi connectivity index (χ2n) is 34.5. The summed E-state index contributed by atoms with van der Waals surface area (Å²) in [5.41, 5.74) is 29.8. The summed E-state index contributed by atoms with van der Waals surface area (Å²) in [5.74, 6) is -28.7. The number of hydrogen-bond donors (Lipinski definition) is 26. The van der Waals surface area contributed by atoms with Crippen LogP contribution in [0.1, 0.15) is 167 Å². The van der Waals surface area contributed by atoms with Crippen molar-refractivity contribution in [3.63, 3.8) is 0 Å². The van der Waals surface area contributed by atoms with Gasteiger partial charge in [0.2, 0.25) is 106 Å². The van der Waals surface area contributed by atoms with Crippen LogP contribution in [0.4, 0.5) is 0 Å². The number of phenolic OH excluding ortho intramolecular Hbond substituents is 1. The Bertz CT molecular complexity index is 4960. The van der Waals surface area contributed by atoms with Gasteiger partial charge in [0.15, 0.2) is 0 Å². The first-order valence-electron chi connectivity index (χ1n) is 45.8. The Morgan fingerprint density at radius 3 is 0.993 bits per heavy atom. The van der Waals surface area contributed by atoms with E-state index in [-0.39, 0.29) is 68.7 Å². The van der Waals surface area contributed by atoms with Gasteiger partial charge in [0.25, 0.3) is 0 Å². The number of benzene rings is 4. The van der Waals surface area contributed by atoms with Gasteiger partial charge in [-0.25, -0.2) is 4.79 Å². The quantitative estimate of drug-likeness (QED) is 0.0184. The van der Waals surface area contributed by atoms with Crippen molar-refractivity contribution >= 4 is 130 Å². The Morgan fingerprint density at radius 2 is 0.631 bits per heavy atom. The third kappa shape index (κ3) is 43.6. The number of unbranched alkanes of at least 4 members (excludes halogenated alkanes) is 1. The predicted molar refractivity (Wildman–Crippen MR) is 503 cm³/mol. The van der Waals surface area contributed by atoms with Crippen LogP contribution in [0.3, 0.4) is 0 Å². The molecule has 4 rings (SSSR count). The Hall–Kier alpha value is -15.1. The standard InChI is InChI=1S/C93H132N20O28/c1-8-49(5)76(111-79(126)57(95)39-48(3)4)90(137)108-64(42-54-25-17-12-18-26-54)86(133)104-61(34-37-73(120)121)82(129)102-59(32-35-69(96)116)80(127)99-47-72(119)100-66(44-71(98)118)89(136)113-78(51(7)114)92(139)112-77(50(6)9-2)91(138)109-65(43-55-28-30-56(115)31-29-55)87(134)107-67(45-74(122)123)88(135)106-63(41-53-23-15-11-16-24-53)84(131)101-58(27-19-20-38-94)81(128)105-62(40-52-21-13-10-14-22-52)85(132)103-60(33-36-70(97)117)83(130)110-68(93(140)141)46-75(124)125/h10-18,21-26,28-31,48-51,57-68,76-78,114-115H,8-9,19-20,27,32-47,94-95H2,1-7H3,(H2,96,116)(H2,97,117)(H2,98,118)(H,99,127)(H,100,119)(H,101,131)(H,102,129)(H,103,132)(H,104,133)(H,105,128)(H,106,135)(H,107,134)(H,108,137)(H,109,138)(H,110,130)(H,111,126)(H,112,139)(H,113,136)(H,120,121)(H,122,123)(H,124,125)(H,140,141)/t49-,50-,51+,57-,58-,59-,60-,61-,62-,63-,64-,65-,66-,67-,68-,76-,77-,78-/m0/s1. The third-order valence-electron chi connectivity index (χ3n) is 22.4. The van der Waals surface area contributed by atoms with Gasteiger partial charge in [-0.05, 0) is 111 Å². The molecular weight excluding hydrogens is 1850 g/mol. The number of nitrogens with one attached hydrogen (secondary N) is 15. The van der Waals surface area contributed by atoms with Crippen molar-refractivity contribution in [1.82, 2.24) is 79.8 Å². The molecule has 0 unspecified atom stereocenters. The zero-order valence-electron chi connectivity index (χ0n) is 79.3. The monoisotopic (exact) mass is 1980 g/mol. The molecule has 0 heterocycles. The van der Waals surface area contributed by atoms with Crippen molar-refractivity contribution in [3.8, 4) is 5.75 Å². The summed E-state index contributed by atoms with van der Waals surface area (Å²) in [4.78, 5) is 300. The van der Waals surface area contributed by atoms with Gasteiger partial charge >= 0.3 is 23.9 Å². The van der Waals surface area contributed by atoms with Gasteiger partial charge in [-0.3, -0.25) is 101 Å². The zero-order chi connectivity index (χ0) is 105. The van der Waals surface area contributed by atoms with E-state index in [1.807, 2.05) is 19.2 Å². The molecule has 141 heavy (non-hydrogen) atoms. The summed E-state index contributed by atoms with van der Waals surface area (Å²) in [6.45, 7) is 10.1. The lowest BCUT2D eigenvalue weighted by molar-refractivity contribution is -0.147. The van der Waals surface area contributed by atoms with Crippen molar-refractivity contribution in [2.45, 2.75) is 267 Å². The highest BCUT2D eigenvalue weighted by atomic mass is 16.4. The average Bonchev–Trinajstić information content (AvgIpc) is 0.839. The first-order valence-corrected chi connectivity index (χ1v) is 45.8. The van der Waals surface area contributed by atoms with E-state index >= 15 is 0 Å². The molecular formula is C93H132N20O28. The minimum atomic E-state index is -2.15. The second kappa shape index (κ2) is 60.6. The molecule has 0 aromatic heterocycles. The fourth-order valence-corrected chi connectivity index (χ4v) is 14.3. The maximum Gasteiger partial charge on any atom is 0.326 e. The number of rotatable bonds is 65. The summed E-state index contributed by atoms with van der Waals surface area (Å²) >= 11 is 0. The summed E-state index contributed by atoms with van der Waals surface area (Å²) in [6, 6.07) is 2.94. The summed E-state index contributed by atoms with van der Waals surface area (Å²) in [5, 5.41) is 96.4. The van der Waals surface area contributed by atoms with Gasteiger partial charge in [-0.1, -0.05) is 158 Å². The van der Waals surface area contributed by atoms with Crippen LogP contribution in [0.25, 0.3) is 0 Å². The fourth-order valence-electron chi connectivity index (χ4n) is 14.3. The van der Waals surface area contributed by atoms with E-state index in [4.69, 9.17) is 28.7 Å². The molecule has 4 aromatic carbocycles. The van der Waals surface area contributed by atoms with Crippen LogP contribution in [0.15, 0.2) is 115 Å². The largest absolute Gasteiger partial charge is 0.508 e. The van der Waals surface area contributed by atoms with Crippen molar-refractivity contribution in [3.05, 3.63) is 138 Å². The number of aliphatic carboxylic acids is 4. The Labute approximate surface area is 812 Å². The van der Waals surface area contributed by atoms with Crippen molar-refractivity contribution in [2.75, 3.05) is 13.1 Å². The molecule has 0 spiro atoms. The molecule has 0 saturated heterocycles. The Kier molecular flexibility index (Phi) is 50.8. The number of phenols is 1. The van der Waals surface area contributed by atoms with E-state index in [0.29, 0.717) is 23.1 Å². The van der Waals surface area contributed by atoms with E-state index < -0.39 is 316 Å². The number of aliphatic hydroxyl groups is 1. The molecule has 0 aliphatic carbocycles. The highest BCUT2D eigenvalue weighted by Crippen LogP contribution is 2.19. The van der Waals surface area contributed by atoms with Gasteiger partial charge in [0.1, 0.15) is 90.3 Å². The number of carboxylic acids is 4. The van der Waals surface area contributed by atoms with E-state index in [1.54, 1.807) is 112 Å². The summed E-state index contributed by atoms with van der Waals surface area (Å²) in [7, 11) is 0. The molecule has 0 fully saturated rings. The first kappa shape index (κ1) is 118. The molecule has 0 saturated carbocycles. The number of aliphatic hydroxyl groups excluding tert-OH is 1. The lowest BCUT2D eigenvalue weighted by Crippen LogP contribution is -2.63. The predicted octanol–water partition coefficient (Wildman–Crippen LogP) is -5.15. The van der Waals surface area contributed by atoms with Crippen LogP contribution in [0.2, 0.25) is 0 Å². The molecule has 0 aliphatic heterocycles. The second-order valence-corrected chi connectivity index (χ2v) is 34.5. The topological polar surface area (TPSA) is 807 Å². The molecule has 18 amide bonds. The maximum atomic E-state index is 15.0. The van der Waals surface area contributed by atoms with Gasteiger partial charge < -0.3 is 139 Å². The highest BCUT2D eigenvalue weighted by Gasteiger charge is 2.42. The van der Waals surface area contributed by atoms with E-state index in [0.717, 1.165) is 6.92 Å². The number of amides is 18. The fraction of sp³-hybridized carbons (Fsp3) is 0.505. The SMILES string of the molecule is CC[C@H](C)[C@H](NC(=O)[C@@H](NC(=O)[C@H](CC(N)=O)NC(=O)CNC(=O)[C@H](CCC(N)=O)NC(=O)[C@H](CCC(=O)O)NC(=O)[C@H](Cc1ccccc1)NC(=O)[C@@H](NC(=O)[C@@H](N)CC(C)C)[C@@H](C)CC)[C@@H](C)O)C(=O)N[C@@H](Cc1ccc(O)cc1)C(=O)N[C@@H](CC(=O)O)C(=O)N[C@@H](Cc1ccccc1)C(=O)N[C@@H](CCCCN)C(=O)N[C@@H](Cc1ccccc1)C(=O)N[C@@H](CCC(N)=O)C(=O)N[C@@H](CC(=O)O)C(=O)O. The van der Waals surface area contributed by atoms with Crippen LogP contribution in [0.5, 0.6) is 5.75 Å². The van der Waals surface area contributed by atoms with Gasteiger partial charge in [-0.15, -0.1) is 0 Å². The Balaban J connectivity index is 1.64. The van der Waals surface area contributed by atoms with Crippen LogP contribution < -0.4 is 108 Å². The smallest absolute Gasteiger partial charge is 0.326 e. The summed E-state index contributed by atoms with van der Waals surface area (Å²) in [6.07, 6.45) is -9.64. The summed E-state index contributed by atoms with van der Waals surface area (Å²) < 4.78 is 0. The molecule has 48 heteroatoms. The number of carbonyl (C=O) groups is 22. The normalized spacial score (nSPS) is 14.9. The Morgan fingerprint density at radius 1 is 0.319 bits per heavy atom. The van der Waals surface area contributed by atoms with E-state index in [1.165, 1.54) is 31.2 Å². The van der Waals surface area contributed by atoms with Crippen LogP contribution in [-0.4, -0.2) is 271 Å². The van der Waals surface area contributed by atoms with Gasteiger partial charge in [0.05, 0.1) is 38.0 Å². The number of carbonyl (C=O) groups excluding carboxylic acids is 18. The molecule has 4 aromatic rings. The minimum Gasteiger partial charge on any atom is -0.508 e. The van der Waals surface area contributed by atoms with E-state index in [2.05, 4.69) is 74.4 Å². The lowest BCUT2D eigenvalue weighted by Gasteiger charge is -2.30. The van der Waals surface area contributed by atoms with Crippen LogP contribution in [0, 0.1) is 17.8 Å². The lowest BCUT2D eigenvalue weighted by atomic mass is 9.96. The first-order chi connectivity index (χ1) is 66.5. The molecule has 48 nitrogen and oxygen atoms in total. The number of primary amides is 3. The third-order valence-corrected chi connectivity index (χ3v) is 22.4. The molecule has 772 valence electrons. The van der Waals surface area contributed by atoms with Gasteiger partial charge in [-0.2, -0.15) is 0 Å². The van der Waals surface area contributed by atoms with E-state index in [9.17, 15) is 136 Å². The van der Waals surface area contributed by atoms with Gasteiger partial charge in [0, 0.05) is 44.9 Å². The number of nitrogens with two attached hydrogens (primary N) is 5.